The standard InChI is InChI=1S/C16H15N3O6/c1-17(9-12-10-24-15-4-2-3-5-16(15)25-12)13-7-6-11(18(20)21)8-14(13)19(22)23/h2-8,12H,9-10H2,1H3/t12-/m0/s1. The van der Waals surface area contributed by atoms with Gasteiger partial charge in [-0.05, 0) is 18.2 Å². The normalized spacial score (nSPS) is 15.5. The number of anilines is 1. The molecule has 1 aliphatic heterocycles. The number of rotatable bonds is 5. The minimum Gasteiger partial charge on any atom is -0.486 e. The summed E-state index contributed by atoms with van der Waals surface area (Å²) in [6.45, 7) is 0.634. The SMILES string of the molecule is CN(C[C@H]1COc2ccccc2O1)c1ccc([N+](=O)[O-])cc1[N+](=O)[O-]. The van der Waals surface area contributed by atoms with Crippen molar-refractivity contribution in [2.45, 2.75) is 6.10 Å². The minimum absolute atomic E-state index is 0.276. The summed E-state index contributed by atoms with van der Waals surface area (Å²) in [6, 6.07) is 10.8. The fourth-order valence-electron chi connectivity index (χ4n) is 2.65. The van der Waals surface area contributed by atoms with Gasteiger partial charge in [0, 0.05) is 13.1 Å². The van der Waals surface area contributed by atoms with Crippen LogP contribution in [-0.4, -0.2) is 36.1 Å². The summed E-state index contributed by atoms with van der Waals surface area (Å²) in [5.41, 5.74) is -0.373. The van der Waals surface area contributed by atoms with Crippen molar-refractivity contribution in [1.82, 2.24) is 0 Å². The molecule has 2 aromatic carbocycles. The second kappa shape index (κ2) is 6.63. The Balaban J connectivity index is 1.79. The van der Waals surface area contributed by atoms with Gasteiger partial charge >= 0.3 is 0 Å². The van der Waals surface area contributed by atoms with E-state index in [1.165, 1.54) is 12.1 Å². The van der Waals surface area contributed by atoms with E-state index in [0.717, 1.165) is 6.07 Å². The van der Waals surface area contributed by atoms with Crippen molar-refractivity contribution >= 4 is 17.1 Å². The largest absolute Gasteiger partial charge is 0.486 e. The molecule has 0 saturated heterocycles. The molecule has 1 atom stereocenters. The molecule has 0 unspecified atom stereocenters. The summed E-state index contributed by atoms with van der Waals surface area (Å²) in [5, 5.41) is 22.1. The van der Waals surface area contributed by atoms with E-state index >= 15 is 0 Å². The van der Waals surface area contributed by atoms with Gasteiger partial charge in [0.2, 0.25) is 0 Å². The molecule has 25 heavy (non-hydrogen) atoms. The summed E-state index contributed by atoms with van der Waals surface area (Å²) in [4.78, 5) is 22.4. The van der Waals surface area contributed by atoms with Crippen LogP contribution in [0.3, 0.4) is 0 Å². The third-order valence-electron chi connectivity index (χ3n) is 3.82. The maximum Gasteiger partial charge on any atom is 0.299 e. The Morgan fingerprint density at radius 3 is 2.52 bits per heavy atom. The number of nitrogens with zero attached hydrogens (tertiary/aromatic N) is 3. The van der Waals surface area contributed by atoms with E-state index in [9.17, 15) is 20.2 Å². The molecule has 0 spiro atoms. The summed E-state index contributed by atoms with van der Waals surface area (Å²) < 4.78 is 11.5. The number of nitro benzene ring substituents is 2. The summed E-state index contributed by atoms with van der Waals surface area (Å²) in [5.74, 6) is 1.27. The molecule has 0 bridgehead atoms. The van der Waals surface area contributed by atoms with E-state index in [0.29, 0.717) is 24.7 Å². The van der Waals surface area contributed by atoms with E-state index < -0.39 is 9.85 Å². The number of para-hydroxylation sites is 2. The number of ether oxygens (including phenoxy) is 2. The molecule has 0 aromatic heterocycles. The van der Waals surface area contributed by atoms with Crippen molar-refractivity contribution in [2.75, 3.05) is 25.1 Å². The number of benzene rings is 2. The van der Waals surface area contributed by atoms with Crippen molar-refractivity contribution < 1.29 is 19.3 Å². The Bertz CT molecular complexity index is 825. The van der Waals surface area contributed by atoms with Gasteiger partial charge in [0.1, 0.15) is 12.3 Å². The maximum atomic E-state index is 11.3. The predicted molar refractivity (Wildman–Crippen MR) is 89.4 cm³/mol. The first-order chi connectivity index (χ1) is 12.0. The van der Waals surface area contributed by atoms with Gasteiger partial charge in [-0.1, -0.05) is 12.1 Å². The number of non-ortho nitro benzene ring substituents is 1. The van der Waals surface area contributed by atoms with Crippen LogP contribution in [0.25, 0.3) is 0 Å². The van der Waals surface area contributed by atoms with Crippen LogP contribution in [0.15, 0.2) is 42.5 Å². The van der Waals surface area contributed by atoms with Gasteiger partial charge in [0.05, 0.1) is 22.5 Å². The highest BCUT2D eigenvalue weighted by molar-refractivity contribution is 5.66. The van der Waals surface area contributed by atoms with Crippen LogP contribution in [-0.2, 0) is 0 Å². The molecule has 0 aliphatic carbocycles. The van der Waals surface area contributed by atoms with E-state index in [1.54, 1.807) is 24.1 Å². The quantitative estimate of drug-likeness (QED) is 0.605. The first-order valence-corrected chi connectivity index (χ1v) is 7.48. The molecule has 3 rings (SSSR count). The van der Waals surface area contributed by atoms with Gasteiger partial charge in [-0.15, -0.1) is 0 Å². The van der Waals surface area contributed by atoms with E-state index in [1.807, 2.05) is 12.1 Å². The highest BCUT2D eigenvalue weighted by Crippen LogP contribution is 2.34. The molecule has 0 amide bonds. The number of fused-ring (bicyclic) bond motifs is 1. The molecule has 9 heteroatoms. The number of likely N-dealkylation sites (N-methyl/N-ethyl adjacent to an activating group) is 1. The van der Waals surface area contributed by atoms with Crippen molar-refractivity contribution in [1.29, 1.82) is 0 Å². The van der Waals surface area contributed by atoms with Crippen molar-refractivity contribution in [3.8, 4) is 11.5 Å². The molecule has 9 nitrogen and oxygen atoms in total. The molecule has 0 N–H and O–H groups in total. The first kappa shape index (κ1) is 16.5. The van der Waals surface area contributed by atoms with Gasteiger partial charge in [0.25, 0.3) is 11.4 Å². The second-order valence-corrected chi connectivity index (χ2v) is 5.57. The number of hydrogen-bond acceptors (Lipinski definition) is 7. The van der Waals surface area contributed by atoms with Gasteiger partial charge in [-0.3, -0.25) is 20.2 Å². The average molecular weight is 345 g/mol. The van der Waals surface area contributed by atoms with Crippen LogP contribution in [0.2, 0.25) is 0 Å². The Labute approximate surface area is 142 Å². The first-order valence-electron chi connectivity index (χ1n) is 7.48. The Morgan fingerprint density at radius 2 is 1.84 bits per heavy atom. The molecular weight excluding hydrogens is 330 g/mol. The molecule has 1 heterocycles. The Morgan fingerprint density at radius 1 is 1.12 bits per heavy atom. The lowest BCUT2D eigenvalue weighted by Crippen LogP contribution is -2.39. The molecular formula is C16H15N3O6. The van der Waals surface area contributed by atoms with Crippen molar-refractivity contribution in [2.24, 2.45) is 0 Å². The van der Waals surface area contributed by atoms with Crippen LogP contribution >= 0.6 is 0 Å². The smallest absolute Gasteiger partial charge is 0.299 e. The summed E-state index contributed by atoms with van der Waals surface area (Å²) in [7, 11) is 1.66. The van der Waals surface area contributed by atoms with Crippen LogP contribution < -0.4 is 14.4 Å². The van der Waals surface area contributed by atoms with Gasteiger partial charge in [0.15, 0.2) is 17.6 Å². The van der Waals surface area contributed by atoms with Crippen LogP contribution in [0, 0.1) is 20.2 Å². The molecule has 1 aliphatic rings. The van der Waals surface area contributed by atoms with Crippen molar-refractivity contribution in [3.05, 3.63) is 62.7 Å². The Hall–Kier alpha value is -3.36. The van der Waals surface area contributed by atoms with Crippen molar-refractivity contribution in [3.63, 3.8) is 0 Å². The van der Waals surface area contributed by atoms with E-state index in [-0.39, 0.29) is 23.2 Å². The zero-order valence-electron chi connectivity index (χ0n) is 13.3. The molecule has 0 radical (unpaired) electrons. The third kappa shape index (κ3) is 3.44. The fourth-order valence-corrected chi connectivity index (χ4v) is 2.65. The lowest BCUT2D eigenvalue weighted by Gasteiger charge is -2.30. The fraction of sp³-hybridized carbons (Fsp3) is 0.250. The zero-order valence-corrected chi connectivity index (χ0v) is 13.3. The average Bonchev–Trinajstić information content (AvgIpc) is 2.60. The highest BCUT2D eigenvalue weighted by atomic mass is 16.6. The summed E-state index contributed by atoms with van der Waals surface area (Å²) >= 11 is 0. The van der Waals surface area contributed by atoms with Gasteiger partial charge in [-0.2, -0.15) is 0 Å². The second-order valence-electron chi connectivity index (χ2n) is 5.57. The zero-order chi connectivity index (χ0) is 18.0. The van der Waals surface area contributed by atoms with E-state index in [2.05, 4.69) is 0 Å². The number of nitro groups is 2. The van der Waals surface area contributed by atoms with Crippen LogP contribution in [0.5, 0.6) is 11.5 Å². The summed E-state index contributed by atoms with van der Waals surface area (Å²) in [6.07, 6.45) is -0.324. The molecule has 130 valence electrons. The predicted octanol–water partition coefficient (Wildman–Crippen LogP) is 2.78. The maximum absolute atomic E-state index is 11.3. The monoisotopic (exact) mass is 345 g/mol. The number of hydrogen-bond donors (Lipinski definition) is 0. The lowest BCUT2D eigenvalue weighted by molar-refractivity contribution is -0.393. The van der Waals surface area contributed by atoms with Crippen LogP contribution in [0.4, 0.5) is 17.1 Å². The molecule has 0 saturated carbocycles. The lowest BCUT2D eigenvalue weighted by atomic mass is 10.2. The topological polar surface area (TPSA) is 108 Å². The van der Waals surface area contributed by atoms with Gasteiger partial charge < -0.3 is 14.4 Å². The molecule has 2 aromatic rings. The highest BCUT2D eigenvalue weighted by Gasteiger charge is 2.26. The third-order valence-corrected chi connectivity index (χ3v) is 3.82. The minimum atomic E-state index is -0.661. The van der Waals surface area contributed by atoms with Crippen LogP contribution in [0.1, 0.15) is 0 Å². The van der Waals surface area contributed by atoms with E-state index in [4.69, 9.17) is 9.47 Å². The molecule has 0 fully saturated rings. The van der Waals surface area contributed by atoms with Gasteiger partial charge in [-0.25, -0.2) is 0 Å². The Kier molecular flexibility index (Phi) is 4.38.